The van der Waals surface area contributed by atoms with Crippen LogP contribution >= 0.6 is 0 Å². The molecule has 2 amide bonds. The van der Waals surface area contributed by atoms with Crippen molar-refractivity contribution < 1.29 is 27.8 Å². The van der Waals surface area contributed by atoms with Crippen LogP contribution in [0.2, 0.25) is 0 Å². The first-order valence-corrected chi connectivity index (χ1v) is 11.1. The third kappa shape index (κ3) is 3.63. The molecule has 1 spiro atoms. The van der Waals surface area contributed by atoms with E-state index in [1.54, 1.807) is 6.07 Å². The second-order valence-electron chi connectivity index (χ2n) is 9.04. The fourth-order valence-electron chi connectivity index (χ4n) is 5.34. The van der Waals surface area contributed by atoms with Crippen molar-refractivity contribution >= 4 is 12.0 Å². The van der Waals surface area contributed by atoms with Gasteiger partial charge in [-0.2, -0.15) is 0 Å². The molecule has 0 radical (unpaired) electrons. The molecule has 2 aromatic rings. The quantitative estimate of drug-likeness (QED) is 0.624. The van der Waals surface area contributed by atoms with Crippen molar-refractivity contribution in [3.05, 3.63) is 65.2 Å². The van der Waals surface area contributed by atoms with Gasteiger partial charge in [-0.1, -0.05) is 42.5 Å². The summed E-state index contributed by atoms with van der Waals surface area (Å²) in [7, 11) is 0. The van der Waals surface area contributed by atoms with Gasteiger partial charge in [-0.3, -0.25) is 4.79 Å². The maximum Gasteiger partial charge on any atom is 0.417 e. The highest BCUT2D eigenvalue weighted by molar-refractivity contribution is 5.93. The topological polar surface area (TPSA) is 55.8 Å². The van der Waals surface area contributed by atoms with Crippen molar-refractivity contribution in [1.82, 2.24) is 4.90 Å². The van der Waals surface area contributed by atoms with Gasteiger partial charge >= 0.3 is 6.09 Å². The summed E-state index contributed by atoms with van der Waals surface area (Å²) < 4.78 is 37.0. The molecule has 5 rings (SSSR count). The third-order valence-corrected chi connectivity index (χ3v) is 7.18. The molecule has 2 aliphatic heterocycles. The van der Waals surface area contributed by atoms with Crippen LogP contribution in [-0.2, 0) is 14.9 Å². The average Bonchev–Trinajstić information content (AvgIpc) is 3.36. The molecule has 0 aromatic heterocycles. The van der Waals surface area contributed by atoms with Crippen molar-refractivity contribution in [3.63, 3.8) is 0 Å². The minimum Gasteiger partial charge on any atom is -0.492 e. The van der Waals surface area contributed by atoms with Gasteiger partial charge in [0.15, 0.2) is 0 Å². The first-order valence-electron chi connectivity index (χ1n) is 11.1. The summed E-state index contributed by atoms with van der Waals surface area (Å²) in [5.41, 5.74) is 1.69. The van der Waals surface area contributed by atoms with E-state index in [4.69, 9.17) is 9.47 Å². The maximum atomic E-state index is 13.0. The number of amides is 2. The molecule has 1 atom stereocenters. The molecule has 0 unspecified atom stereocenters. The smallest absolute Gasteiger partial charge is 0.417 e. The van der Waals surface area contributed by atoms with Crippen molar-refractivity contribution in [2.45, 2.75) is 50.0 Å². The average molecular weight is 441 g/mol. The number of carbonyl (C=O) groups is 2. The minimum absolute atomic E-state index is 0.0226. The number of imide groups is 1. The van der Waals surface area contributed by atoms with Crippen LogP contribution in [0.3, 0.4) is 0 Å². The van der Waals surface area contributed by atoms with Gasteiger partial charge in [-0.05, 0) is 43.2 Å². The number of rotatable bonds is 4. The van der Waals surface area contributed by atoms with Crippen LogP contribution < -0.4 is 4.74 Å². The highest BCUT2D eigenvalue weighted by Gasteiger charge is 2.45. The van der Waals surface area contributed by atoms with E-state index in [1.165, 1.54) is 17.0 Å². The number of alkyl halides is 2. The van der Waals surface area contributed by atoms with Crippen molar-refractivity contribution in [2.24, 2.45) is 5.92 Å². The van der Waals surface area contributed by atoms with Crippen LogP contribution in [0.4, 0.5) is 13.6 Å². The van der Waals surface area contributed by atoms with E-state index in [-0.39, 0.29) is 35.5 Å². The maximum absolute atomic E-state index is 13.0. The molecule has 0 bridgehead atoms. The van der Waals surface area contributed by atoms with E-state index >= 15 is 0 Å². The first-order chi connectivity index (χ1) is 15.5. The predicted octanol–water partition coefficient (Wildman–Crippen LogP) is 5.55. The lowest BCUT2D eigenvalue weighted by atomic mass is 9.67. The molecular formula is C25H25F2NO4. The molecule has 7 heteroatoms. The van der Waals surface area contributed by atoms with Crippen LogP contribution in [0, 0.1) is 5.92 Å². The summed E-state index contributed by atoms with van der Waals surface area (Å²) in [6, 6.07) is 13.8. The lowest BCUT2D eigenvalue weighted by Gasteiger charge is -2.36. The number of hydrogen-bond acceptors (Lipinski definition) is 4. The number of hydrogen-bond donors (Lipinski definition) is 0. The summed E-state index contributed by atoms with van der Waals surface area (Å²) in [5.74, 6) is 0.525. The molecule has 2 aromatic carbocycles. The Morgan fingerprint density at radius 3 is 2.56 bits per heavy atom. The Bertz CT molecular complexity index is 1020. The number of cyclic esters (lactones) is 1. The second kappa shape index (κ2) is 8.19. The number of ether oxygens (including phenoxy) is 2. The SMILES string of the molecule is O=C(CC1CCC2(CC1)COc1cc(C(F)F)ccc12)N1C(=O)OC[C@@H]1c1ccccc1. The molecule has 2 heterocycles. The van der Waals surface area contributed by atoms with Crippen LogP contribution in [-0.4, -0.2) is 30.1 Å². The van der Waals surface area contributed by atoms with Crippen LogP contribution in [0.25, 0.3) is 0 Å². The predicted molar refractivity (Wildman–Crippen MR) is 113 cm³/mol. The van der Waals surface area contributed by atoms with Crippen molar-refractivity contribution in [3.8, 4) is 5.75 Å². The molecule has 5 nitrogen and oxygen atoms in total. The Hall–Kier alpha value is -2.96. The first kappa shape index (κ1) is 20.9. The van der Waals surface area contributed by atoms with Gasteiger partial charge in [0.05, 0.1) is 6.61 Å². The van der Waals surface area contributed by atoms with E-state index in [0.717, 1.165) is 36.8 Å². The lowest BCUT2D eigenvalue weighted by Crippen LogP contribution is -2.38. The zero-order valence-corrected chi connectivity index (χ0v) is 17.6. The summed E-state index contributed by atoms with van der Waals surface area (Å²) in [5, 5.41) is 0. The fraction of sp³-hybridized carbons (Fsp3) is 0.440. The van der Waals surface area contributed by atoms with E-state index in [9.17, 15) is 18.4 Å². The van der Waals surface area contributed by atoms with Crippen LogP contribution in [0.15, 0.2) is 48.5 Å². The van der Waals surface area contributed by atoms with E-state index in [0.29, 0.717) is 18.8 Å². The van der Waals surface area contributed by atoms with Gasteiger partial charge in [-0.25, -0.2) is 18.5 Å². The van der Waals surface area contributed by atoms with Gasteiger partial charge in [0.1, 0.15) is 18.4 Å². The Balaban J connectivity index is 1.24. The monoisotopic (exact) mass is 441 g/mol. The van der Waals surface area contributed by atoms with Gasteiger partial charge in [0.25, 0.3) is 6.43 Å². The molecule has 32 heavy (non-hydrogen) atoms. The minimum atomic E-state index is -2.51. The fourth-order valence-corrected chi connectivity index (χ4v) is 5.34. The van der Waals surface area contributed by atoms with Crippen LogP contribution in [0.5, 0.6) is 5.75 Å². The summed E-state index contributed by atoms with van der Waals surface area (Å²) in [6.07, 6.45) is 0.515. The number of benzene rings is 2. The van der Waals surface area contributed by atoms with Gasteiger partial charge in [-0.15, -0.1) is 0 Å². The van der Waals surface area contributed by atoms with Gasteiger partial charge in [0, 0.05) is 23.0 Å². The molecule has 1 saturated heterocycles. The van der Waals surface area contributed by atoms with Crippen molar-refractivity contribution in [2.75, 3.05) is 13.2 Å². The van der Waals surface area contributed by atoms with Gasteiger partial charge < -0.3 is 9.47 Å². The van der Waals surface area contributed by atoms with E-state index < -0.39 is 12.5 Å². The molecule has 1 aliphatic carbocycles. The van der Waals surface area contributed by atoms with Gasteiger partial charge in [0.2, 0.25) is 5.91 Å². The number of halogens is 2. The van der Waals surface area contributed by atoms with E-state index in [1.807, 2.05) is 30.3 Å². The largest absolute Gasteiger partial charge is 0.492 e. The van der Waals surface area contributed by atoms with E-state index in [2.05, 4.69) is 0 Å². The van der Waals surface area contributed by atoms with Crippen LogP contribution in [0.1, 0.15) is 61.3 Å². The Labute approximate surface area is 185 Å². The number of nitrogens with zero attached hydrogens (tertiary/aromatic N) is 1. The molecule has 0 N–H and O–H groups in total. The molecule has 2 fully saturated rings. The number of fused-ring (bicyclic) bond motifs is 2. The highest BCUT2D eigenvalue weighted by atomic mass is 19.3. The summed E-state index contributed by atoms with van der Waals surface area (Å²) >= 11 is 0. The Morgan fingerprint density at radius 2 is 1.84 bits per heavy atom. The molecule has 168 valence electrons. The normalized spacial score (nSPS) is 26.8. The molecular weight excluding hydrogens is 416 g/mol. The summed E-state index contributed by atoms with van der Waals surface area (Å²) in [6.45, 7) is 0.668. The third-order valence-electron chi connectivity index (χ3n) is 7.18. The Kier molecular flexibility index (Phi) is 5.35. The van der Waals surface area contributed by atoms with Crippen molar-refractivity contribution in [1.29, 1.82) is 0 Å². The zero-order valence-electron chi connectivity index (χ0n) is 17.6. The standard InChI is InChI=1S/C25H25F2NO4/c26-23(27)18-6-7-19-21(13-18)32-15-25(19)10-8-16(9-11-25)12-22(29)28-20(14-31-24(28)30)17-4-2-1-3-5-17/h1-7,13,16,20,23H,8-12,14-15H2/t16?,20-,25?/m1/s1. The summed E-state index contributed by atoms with van der Waals surface area (Å²) in [4.78, 5) is 26.6. The second-order valence-corrected chi connectivity index (χ2v) is 9.04. The number of carbonyl (C=O) groups excluding carboxylic acids is 2. The molecule has 1 saturated carbocycles. The Morgan fingerprint density at radius 1 is 1.09 bits per heavy atom. The highest BCUT2D eigenvalue weighted by Crippen LogP contribution is 2.50. The zero-order chi connectivity index (χ0) is 22.3. The molecule has 3 aliphatic rings. The lowest BCUT2D eigenvalue weighted by molar-refractivity contribution is -0.130.